The summed E-state index contributed by atoms with van der Waals surface area (Å²) in [6.45, 7) is 0. The van der Waals surface area contributed by atoms with Gasteiger partial charge in [-0.15, -0.1) is 0 Å². The largest absolute Gasteiger partial charge is 0.465 e. The van der Waals surface area contributed by atoms with Crippen LogP contribution in [-0.4, -0.2) is 33.8 Å². The molecule has 2 N–H and O–H groups in total. The molecule has 7 nitrogen and oxygen atoms in total. The highest BCUT2D eigenvalue weighted by Gasteiger charge is 2.27. The van der Waals surface area contributed by atoms with Crippen LogP contribution in [0, 0.1) is 0 Å². The SMILES string of the molecule is COC(=O)c1ccc2c(c1)N(C)S(=O)(=O)C=C2NO. The first-order chi connectivity index (χ1) is 8.90. The van der Waals surface area contributed by atoms with Crippen molar-refractivity contribution in [2.24, 2.45) is 0 Å². The number of ether oxygens (including phenoxy) is 1. The van der Waals surface area contributed by atoms with Crippen molar-refractivity contribution in [2.75, 3.05) is 18.5 Å². The zero-order valence-electron chi connectivity index (χ0n) is 10.2. The fourth-order valence-corrected chi connectivity index (χ4v) is 2.84. The second-order valence-corrected chi connectivity index (χ2v) is 5.69. The molecule has 0 aromatic heterocycles. The lowest BCUT2D eigenvalue weighted by molar-refractivity contribution is 0.0600. The number of hydroxylamine groups is 1. The van der Waals surface area contributed by atoms with Gasteiger partial charge in [0.05, 0.1) is 29.5 Å². The minimum Gasteiger partial charge on any atom is -0.465 e. The first-order valence-corrected chi connectivity index (χ1v) is 6.74. The zero-order chi connectivity index (χ0) is 14.2. The summed E-state index contributed by atoms with van der Waals surface area (Å²) in [4.78, 5) is 11.4. The van der Waals surface area contributed by atoms with Crippen LogP contribution in [0.1, 0.15) is 15.9 Å². The molecule has 1 aliphatic heterocycles. The highest BCUT2D eigenvalue weighted by molar-refractivity contribution is 7.95. The second-order valence-electron chi connectivity index (χ2n) is 3.88. The van der Waals surface area contributed by atoms with E-state index >= 15 is 0 Å². The van der Waals surface area contributed by atoms with Gasteiger partial charge in [0.15, 0.2) is 0 Å². The summed E-state index contributed by atoms with van der Waals surface area (Å²) in [7, 11) is -1.09. The number of methoxy groups -OCH3 is 1. The summed E-state index contributed by atoms with van der Waals surface area (Å²) >= 11 is 0. The molecule has 19 heavy (non-hydrogen) atoms. The van der Waals surface area contributed by atoms with Gasteiger partial charge in [0.1, 0.15) is 0 Å². The second kappa shape index (κ2) is 4.56. The van der Waals surface area contributed by atoms with E-state index in [1.165, 1.54) is 32.4 Å². The first-order valence-electron chi connectivity index (χ1n) is 5.24. The zero-order valence-corrected chi connectivity index (χ0v) is 11.1. The molecule has 1 aliphatic rings. The van der Waals surface area contributed by atoms with Crippen LogP contribution >= 0.6 is 0 Å². The van der Waals surface area contributed by atoms with Gasteiger partial charge in [0, 0.05) is 12.6 Å². The van der Waals surface area contributed by atoms with E-state index in [1.54, 1.807) is 0 Å². The summed E-state index contributed by atoms with van der Waals surface area (Å²) < 4.78 is 29.3. The fourth-order valence-electron chi connectivity index (χ4n) is 1.78. The van der Waals surface area contributed by atoms with E-state index in [2.05, 4.69) is 4.74 Å². The normalized spacial score (nSPS) is 16.4. The van der Waals surface area contributed by atoms with Crippen molar-refractivity contribution in [1.82, 2.24) is 5.48 Å². The Balaban J connectivity index is 2.65. The van der Waals surface area contributed by atoms with E-state index in [0.717, 1.165) is 9.71 Å². The molecule has 1 aromatic carbocycles. The molecule has 0 radical (unpaired) electrons. The summed E-state index contributed by atoms with van der Waals surface area (Å²) in [5.41, 5.74) is 2.85. The van der Waals surface area contributed by atoms with Gasteiger partial charge < -0.3 is 4.74 Å². The topological polar surface area (TPSA) is 95.9 Å². The van der Waals surface area contributed by atoms with Gasteiger partial charge in [-0.3, -0.25) is 15.0 Å². The van der Waals surface area contributed by atoms with Crippen molar-refractivity contribution in [1.29, 1.82) is 0 Å². The lowest BCUT2D eigenvalue weighted by Crippen LogP contribution is -2.30. The molecule has 0 aliphatic carbocycles. The maximum Gasteiger partial charge on any atom is 0.337 e. The minimum atomic E-state index is -3.69. The van der Waals surface area contributed by atoms with Gasteiger partial charge >= 0.3 is 5.97 Å². The first kappa shape index (κ1) is 13.4. The van der Waals surface area contributed by atoms with Crippen LogP contribution in [-0.2, 0) is 14.8 Å². The number of fused-ring (bicyclic) bond motifs is 1. The van der Waals surface area contributed by atoms with Crippen LogP contribution in [0.4, 0.5) is 5.69 Å². The van der Waals surface area contributed by atoms with Crippen LogP contribution in [0.3, 0.4) is 0 Å². The quantitative estimate of drug-likeness (QED) is 0.607. The standard InChI is InChI=1S/C11H12N2O5S/c1-13-10-5-7(11(14)18-2)3-4-8(10)9(12-15)6-19(13,16)17/h3-6,12,15H,1-2H3. The van der Waals surface area contributed by atoms with Crippen molar-refractivity contribution < 1.29 is 23.2 Å². The minimum absolute atomic E-state index is 0.0458. The van der Waals surface area contributed by atoms with Crippen molar-refractivity contribution in [2.45, 2.75) is 0 Å². The van der Waals surface area contributed by atoms with Gasteiger partial charge in [-0.05, 0) is 18.2 Å². The predicted octanol–water partition coefficient (Wildman–Crippen LogP) is 0.530. The van der Waals surface area contributed by atoms with Crippen molar-refractivity contribution in [3.8, 4) is 0 Å². The Morgan fingerprint density at radius 3 is 2.68 bits per heavy atom. The monoisotopic (exact) mass is 284 g/mol. The Hall–Kier alpha value is -2.06. The third-order valence-corrected chi connectivity index (χ3v) is 4.31. The van der Waals surface area contributed by atoms with Crippen LogP contribution in [0.2, 0.25) is 0 Å². The summed E-state index contributed by atoms with van der Waals surface area (Å²) in [6, 6.07) is 4.41. The molecule has 0 amide bonds. The average molecular weight is 284 g/mol. The van der Waals surface area contributed by atoms with Crippen LogP contribution in [0.15, 0.2) is 23.6 Å². The van der Waals surface area contributed by atoms with Crippen molar-refractivity contribution >= 4 is 27.4 Å². The van der Waals surface area contributed by atoms with Gasteiger partial charge in [0.2, 0.25) is 0 Å². The van der Waals surface area contributed by atoms with E-state index < -0.39 is 16.0 Å². The molecule has 0 bridgehead atoms. The molecule has 0 unspecified atom stereocenters. The molecule has 0 saturated carbocycles. The Labute approximate surface area is 110 Å². The highest BCUT2D eigenvalue weighted by atomic mass is 32.2. The summed E-state index contributed by atoms with van der Waals surface area (Å²) in [5.74, 6) is -0.568. The molecule has 1 heterocycles. The third-order valence-electron chi connectivity index (χ3n) is 2.82. The molecule has 0 fully saturated rings. The number of benzene rings is 1. The number of carbonyl (C=O) groups is 1. The number of nitrogens with one attached hydrogen (secondary N) is 1. The highest BCUT2D eigenvalue weighted by Crippen LogP contribution is 2.33. The number of hydrogen-bond donors (Lipinski definition) is 2. The van der Waals surface area contributed by atoms with Crippen LogP contribution in [0.5, 0.6) is 0 Å². The molecule has 0 saturated heterocycles. The number of nitrogens with zero attached hydrogens (tertiary/aromatic N) is 1. The van der Waals surface area contributed by atoms with E-state index in [1.807, 2.05) is 5.48 Å². The molecule has 1 aromatic rings. The predicted molar refractivity (Wildman–Crippen MR) is 68.0 cm³/mol. The lowest BCUT2D eigenvalue weighted by atomic mass is 10.1. The van der Waals surface area contributed by atoms with Crippen molar-refractivity contribution in [3.63, 3.8) is 0 Å². The van der Waals surface area contributed by atoms with Crippen LogP contribution in [0.25, 0.3) is 5.70 Å². The molecule has 8 heteroatoms. The van der Waals surface area contributed by atoms with Gasteiger partial charge in [0.25, 0.3) is 10.0 Å². The summed E-state index contributed by atoms with van der Waals surface area (Å²) in [6.07, 6.45) is 0. The molecular weight excluding hydrogens is 272 g/mol. The Kier molecular flexibility index (Phi) is 3.21. The van der Waals surface area contributed by atoms with Crippen LogP contribution < -0.4 is 9.79 Å². The maximum absolute atomic E-state index is 11.8. The number of esters is 1. The maximum atomic E-state index is 11.8. The molecule has 0 atom stereocenters. The lowest BCUT2D eigenvalue weighted by Gasteiger charge is -2.26. The molecular formula is C11H12N2O5S. The Bertz CT molecular complexity index is 666. The van der Waals surface area contributed by atoms with E-state index in [4.69, 9.17) is 5.21 Å². The van der Waals surface area contributed by atoms with E-state index in [-0.39, 0.29) is 16.9 Å². The average Bonchev–Trinajstić information content (AvgIpc) is 2.41. The number of carbonyl (C=O) groups excluding carboxylic acids is 1. The summed E-state index contributed by atoms with van der Waals surface area (Å²) in [5, 5.41) is 9.90. The van der Waals surface area contributed by atoms with Crippen molar-refractivity contribution in [3.05, 3.63) is 34.7 Å². The third kappa shape index (κ3) is 2.15. The Morgan fingerprint density at radius 1 is 1.42 bits per heavy atom. The number of anilines is 1. The Morgan fingerprint density at radius 2 is 2.11 bits per heavy atom. The van der Waals surface area contributed by atoms with Gasteiger partial charge in [-0.25, -0.2) is 13.2 Å². The molecule has 102 valence electrons. The number of sulfonamides is 1. The smallest absolute Gasteiger partial charge is 0.337 e. The fraction of sp³-hybridized carbons (Fsp3) is 0.182. The molecule has 2 rings (SSSR count). The number of hydrogen-bond acceptors (Lipinski definition) is 6. The van der Waals surface area contributed by atoms with E-state index in [9.17, 15) is 13.2 Å². The molecule has 0 spiro atoms. The van der Waals surface area contributed by atoms with Gasteiger partial charge in [-0.1, -0.05) is 0 Å². The van der Waals surface area contributed by atoms with Gasteiger partial charge in [-0.2, -0.15) is 0 Å². The van der Waals surface area contributed by atoms with E-state index in [0.29, 0.717) is 5.56 Å². The number of rotatable bonds is 2.